The Morgan fingerprint density at radius 2 is 1.95 bits per heavy atom. The van der Waals surface area contributed by atoms with Crippen LogP contribution in [0.15, 0.2) is 0 Å². The highest BCUT2D eigenvalue weighted by Gasteiger charge is 2.43. The van der Waals surface area contributed by atoms with Crippen molar-refractivity contribution in [1.82, 2.24) is 10.6 Å². The van der Waals surface area contributed by atoms with Crippen LogP contribution in [0.4, 0.5) is 13.2 Å². The lowest BCUT2D eigenvalue weighted by Gasteiger charge is -2.31. The first-order valence-electron chi connectivity index (χ1n) is 7.04. The molecule has 0 spiro atoms. The summed E-state index contributed by atoms with van der Waals surface area (Å²) < 4.78 is 38.1. The van der Waals surface area contributed by atoms with E-state index >= 15 is 0 Å². The number of hydrogen-bond acceptors (Lipinski definition) is 2. The lowest BCUT2D eigenvalue weighted by molar-refractivity contribution is -0.186. The third kappa shape index (κ3) is 4.09. The molecule has 0 aromatic heterocycles. The standard InChI is InChI=1S/C13H21F3N2O/c14-13(15,16)10-4-1-3-9(7-10)12(19)18-11-5-2-6-17-8-11/h9-11,17H,1-8H2,(H,18,19)/t9?,10?,11-/m0/s1. The van der Waals surface area contributed by atoms with Gasteiger partial charge in [-0.1, -0.05) is 6.42 Å². The fourth-order valence-corrected chi connectivity index (χ4v) is 3.02. The first kappa shape index (κ1) is 14.6. The zero-order valence-corrected chi connectivity index (χ0v) is 10.9. The molecule has 1 saturated heterocycles. The molecule has 2 rings (SSSR count). The van der Waals surface area contributed by atoms with Gasteiger partial charge in [0.2, 0.25) is 5.91 Å². The number of rotatable bonds is 2. The number of carbonyl (C=O) groups excluding carboxylic acids is 1. The van der Waals surface area contributed by atoms with E-state index in [0.29, 0.717) is 12.8 Å². The minimum atomic E-state index is -4.16. The van der Waals surface area contributed by atoms with Gasteiger partial charge in [-0.05, 0) is 38.6 Å². The number of amides is 1. The molecular weight excluding hydrogens is 257 g/mol. The number of hydrogen-bond donors (Lipinski definition) is 2. The van der Waals surface area contributed by atoms with E-state index in [-0.39, 0.29) is 24.8 Å². The average Bonchev–Trinajstić information content (AvgIpc) is 2.39. The van der Waals surface area contributed by atoms with Gasteiger partial charge in [0.15, 0.2) is 0 Å². The van der Waals surface area contributed by atoms with E-state index in [9.17, 15) is 18.0 Å². The molecule has 1 amide bonds. The maximum Gasteiger partial charge on any atom is 0.391 e. The van der Waals surface area contributed by atoms with Crippen LogP contribution in [-0.4, -0.2) is 31.2 Å². The molecule has 2 aliphatic rings. The van der Waals surface area contributed by atoms with E-state index < -0.39 is 18.0 Å². The van der Waals surface area contributed by atoms with Crippen molar-refractivity contribution in [3.8, 4) is 0 Å². The molecule has 2 N–H and O–H groups in total. The van der Waals surface area contributed by atoms with Crippen molar-refractivity contribution in [2.45, 2.75) is 50.7 Å². The Hall–Kier alpha value is -0.780. The van der Waals surface area contributed by atoms with Gasteiger partial charge >= 0.3 is 6.18 Å². The van der Waals surface area contributed by atoms with Crippen LogP contribution in [0, 0.1) is 11.8 Å². The summed E-state index contributed by atoms with van der Waals surface area (Å²) in [5, 5.41) is 6.07. The second-order valence-corrected chi connectivity index (χ2v) is 5.65. The quantitative estimate of drug-likeness (QED) is 0.813. The molecule has 1 aliphatic carbocycles. The topological polar surface area (TPSA) is 41.1 Å². The van der Waals surface area contributed by atoms with Gasteiger partial charge < -0.3 is 10.6 Å². The monoisotopic (exact) mass is 278 g/mol. The molecule has 0 aromatic carbocycles. The Bertz CT molecular complexity index is 314. The molecule has 1 aliphatic heterocycles. The second kappa shape index (κ2) is 6.11. The maximum atomic E-state index is 12.7. The van der Waals surface area contributed by atoms with Gasteiger partial charge in [0.05, 0.1) is 5.92 Å². The first-order valence-corrected chi connectivity index (χ1v) is 7.04. The number of piperidine rings is 1. The van der Waals surface area contributed by atoms with Crippen LogP contribution >= 0.6 is 0 Å². The Balaban J connectivity index is 1.84. The summed E-state index contributed by atoms with van der Waals surface area (Å²) >= 11 is 0. The number of halogens is 3. The summed E-state index contributed by atoms with van der Waals surface area (Å²) in [6.07, 6.45) is -1.06. The molecule has 110 valence electrons. The summed E-state index contributed by atoms with van der Waals surface area (Å²) in [7, 11) is 0. The third-order valence-corrected chi connectivity index (χ3v) is 4.15. The predicted molar refractivity (Wildman–Crippen MR) is 65.5 cm³/mol. The molecule has 3 atom stereocenters. The lowest BCUT2D eigenvalue weighted by atomic mass is 9.80. The molecule has 0 aromatic rings. The second-order valence-electron chi connectivity index (χ2n) is 5.65. The van der Waals surface area contributed by atoms with Gasteiger partial charge in [-0.15, -0.1) is 0 Å². The van der Waals surface area contributed by atoms with Crippen LogP contribution in [-0.2, 0) is 4.79 Å². The minimum absolute atomic E-state index is 0.0461. The fraction of sp³-hybridized carbons (Fsp3) is 0.923. The van der Waals surface area contributed by atoms with Crippen LogP contribution < -0.4 is 10.6 Å². The van der Waals surface area contributed by atoms with Gasteiger partial charge in [0, 0.05) is 18.5 Å². The summed E-state index contributed by atoms with van der Waals surface area (Å²) in [6, 6.07) is 0.0764. The van der Waals surface area contributed by atoms with E-state index in [1.807, 2.05) is 0 Å². The van der Waals surface area contributed by atoms with Crippen molar-refractivity contribution in [1.29, 1.82) is 0 Å². The van der Waals surface area contributed by atoms with Gasteiger partial charge in [0.1, 0.15) is 0 Å². The molecule has 19 heavy (non-hydrogen) atoms. The molecule has 0 bridgehead atoms. The summed E-state index contributed by atoms with van der Waals surface area (Å²) in [5.41, 5.74) is 0. The van der Waals surface area contributed by atoms with Crippen LogP contribution in [0.25, 0.3) is 0 Å². The van der Waals surface area contributed by atoms with E-state index in [2.05, 4.69) is 10.6 Å². The highest BCUT2D eigenvalue weighted by atomic mass is 19.4. The Morgan fingerprint density at radius 1 is 1.16 bits per heavy atom. The largest absolute Gasteiger partial charge is 0.391 e. The SMILES string of the molecule is O=C(N[C@H]1CCCNC1)C1CCCC(C(F)(F)F)C1. The predicted octanol–water partition coefficient (Wildman–Crippen LogP) is 2.22. The van der Waals surface area contributed by atoms with Crippen LogP contribution in [0.5, 0.6) is 0 Å². The van der Waals surface area contributed by atoms with Crippen molar-refractivity contribution in [2.24, 2.45) is 11.8 Å². The highest BCUT2D eigenvalue weighted by molar-refractivity contribution is 5.79. The summed E-state index contributed by atoms with van der Waals surface area (Å²) in [6.45, 7) is 1.67. The van der Waals surface area contributed by atoms with E-state index in [1.54, 1.807) is 0 Å². The van der Waals surface area contributed by atoms with E-state index in [0.717, 1.165) is 25.9 Å². The van der Waals surface area contributed by atoms with Crippen molar-refractivity contribution in [2.75, 3.05) is 13.1 Å². The Labute approximate surface area is 111 Å². The van der Waals surface area contributed by atoms with Crippen molar-refractivity contribution in [3.05, 3.63) is 0 Å². The molecule has 1 heterocycles. The number of nitrogens with one attached hydrogen (secondary N) is 2. The van der Waals surface area contributed by atoms with Crippen molar-refractivity contribution in [3.63, 3.8) is 0 Å². The molecule has 0 radical (unpaired) electrons. The maximum absolute atomic E-state index is 12.7. The molecule has 1 saturated carbocycles. The van der Waals surface area contributed by atoms with Crippen LogP contribution in [0.2, 0.25) is 0 Å². The molecule has 2 fully saturated rings. The first-order chi connectivity index (χ1) is 8.97. The van der Waals surface area contributed by atoms with E-state index in [1.165, 1.54) is 0 Å². The normalized spacial score (nSPS) is 32.9. The number of alkyl halides is 3. The Kier molecular flexibility index (Phi) is 4.71. The fourth-order valence-electron chi connectivity index (χ4n) is 3.02. The highest BCUT2D eigenvalue weighted by Crippen LogP contribution is 2.39. The van der Waals surface area contributed by atoms with Gasteiger partial charge in [-0.2, -0.15) is 13.2 Å². The summed E-state index contributed by atoms with van der Waals surface area (Å²) in [4.78, 5) is 12.0. The summed E-state index contributed by atoms with van der Waals surface area (Å²) in [5.74, 6) is -1.97. The van der Waals surface area contributed by atoms with Crippen molar-refractivity contribution >= 4 is 5.91 Å². The van der Waals surface area contributed by atoms with Crippen LogP contribution in [0.1, 0.15) is 38.5 Å². The third-order valence-electron chi connectivity index (χ3n) is 4.15. The zero-order valence-electron chi connectivity index (χ0n) is 10.9. The molecule has 3 nitrogen and oxygen atoms in total. The zero-order chi connectivity index (χ0) is 13.9. The molecule has 6 heteroatoms. The lowest BCUT2D eigenvalue weighted by Crippen LogP contribution is -2.48. The minimum Gasteiger partial charge on any atom is -0.352 e. The van der Waals surface area contributed by atoms with Gasteiger partial charge in [0.25, 0.3) is 0 Å². The van der Waals surface area contributed by atoms with Crippen LogP contribution in [0.3, 0.4) is 0 Å². The average molecular weight is 278 g/mol. The van der Waals surface area contributed by atoms with Gasteiger partial charge in [-0.25, -0.2) is 0 Å². The van der Waals surface area contributed by atoms with Crippen molar-refractivity contribution < 1.29 is 18.0 Å². The smallest absolute Gasteiger partial charge is 0.352 e. The molecular formula is C13H21F3N2O. The molecule has 2 unspecified atom stereocenters. The van der Waals surface area contributed by atoms with E-state index in [4.69, 9.17) is 0 Å². The Morgan fingerprint density at radius 3 is 2.58 bits per heavy atom. The number of carbonyl (C=O) groups is 1. The van der Waals surface area contributed by atoms with Gasteiger partial charge in [-0.3, -0.25) is 4.79 Å².